The number of para-hydroxylation sites is 7. The highest BCUT2D eigenvalue weighted by Crippen LogP contribution is 2.48. The third-order valence-electron chi connectivity index (χ3n) is 22.9. The van der Waals surface area contributed by atoms with Crippen LogP contribution in [-0.4, -0.2) is 67.2 Å². The third kappa shape index (κ3) is 13.8. The largest absolute Gasteiger partial charge is 0.359 e. The first kappa shape index (κ1) is 73.9. The summed E-state index contributed by atoms with van der Waals surface area (Å²) in [5, 5.41) is 0. The number of rotatable bonds is 11. The predicted octanol–water partition coefficient (Wildman–Crippen LogP) is 19.1. The van der Waals surface area contributed by atoms with E-state index < -0.39 is 0 Å². The summed E-state index contributed by atoms with van der Waals surface area (Å²) in [5.41, 5.74) is 30.7. The maximum Gasteiger partial charge on any atom is 0.295 e. The Morgan fingerprint density at radius 1 is 0.318 bits per heavy atom. The molecule has 4 aliphatic rings. The van der Waals surface area contributed by atoms with Crippen molar-refractivity contribution in [1.82, 2.24) is 14.4 Å². The second-order valence-electron chi connectivity index (χ2n) is 29.9. The highest BCUT2D eigenvalue weighted by Gasteiger charge is 2.37. The number of nitrogens with zero attached hydrogens (tertiary/aromatic N) is 13. The van der Waals surface area contributed by atoms with E-state index in [1.54, 1.807) is 0 Å². The molecule has 4 atom stereocenters. The van der Waals surface area contributed by atoms with E-state index in [0.29, 0.717) is 24.2 Å². The normalized spacial score (nSPS) is 16.4. The average Bonchev–Trinajstić information content (AvgIpc) is 1.59. The topological polar surface area (TPSA) is 46.4 Å². The van der Waals surface area contributed by atoms with Crippen LogP contribution in [0.25, 0.3) is 61.9 Å². The van der Waals surface area contributed by atoms with E-state index in [2.05, 4.69) is 463 Å². The molecule has 4 aromatic heterocycles. The molecule has 8 heterocycles. The van der Waals surface area contributed by atoms with Crippen LogP contribution < -0.4 is 47.7 Å². The van der Waals surface area contributed by atoms with Gasteiger partial charge in [0.1, 0.15) is 51.5 Å². The zero-order chi connectivity index (χ0) is 75.8. The van der Waals surface area contributed by atoms with Crippen molar-refractivity contribution in [2.45, 2.75) is 120 Å². The lowest BCUT2D eigenvalue weighted by Gasteiger charge is -2.29. The molecule has 0 aliphatic carbocycles. The van der Waals surface area contributed by atoms with Crippen LogP contribution in [0, 0.1) is 27.7 Å². The minimum atomic E-state index is 0.222. The van der Waals surface area contributed by atoms with Crippen LogP contribution in [-0.2, 0) is 28.2 Å². The summed E-state index contributed by atoms with van der Waals surface area (Å²) in [5.74, 6) is 2.01. The smallest absolute Gasteiger partial charge is 0.295 e. The summed E-state index contributed by atoms with van der Waals surface area (Å²) in [7, 11) is 17.1. The molecule has 0 spiro atoms. The molecule has 0 fully saturated rings. The summed E-state index contributed by atoms with van der Waals surface area (Å²) in [6, 6.07) is 78.5. The number of anilines is 8. The van der Waals surface area contributed by atoms with Gasteiger partial charge in [0.2, 0.25) is 17.1 Å². The Morgan fingerprint density at radius 2 is 0.645 bits per heavy atom. The van der Waals surface area contributed by atoms with Crippen molar-refractivity contribution in [1.29, 1.82) is 0 Å². The van der Waals surface area contributed by atoms with E-state index in [-0.39, 0.29) is 12.3 Å². The Balaban J connectivity index is 0.000000132. The zero-order valence-electron chi connectivity index (χ0n) is 66.6. The highest BCUT2D eigenvalue weighted by atomic mass is 15.4. The van der Waals surface area contributed by atoms with Crippen molar-refractivity contribution in [2.24, 2.45) is 28.2 Å². The molecule has 16 rings (SSSR count). The molecule has 13 nitrogen and oxygen atoms in total. The number of benzene rings is 8. The minimum absolute atomic E-state index is 0.222. The monoisotopic (exact) mass is 1420 g/mol. The first-order valence-corrected chi connectivity index (χ1v) is 38.0. The van der Waals surface area contributed by atoms with Crippen molar-refractivity contribution in [3.05, 3.63) is 295 Å². The first-order valence-electron chi connectivity index (χ1n) is 38.0. The Labute approximate surface area is 636 Å². The quantitative estimate of drug-likeness (QED) is 0.119. The van der Waals surface area contributed by atoms with Crippen LogP contribution in [0.3, 0.4) is 0 Å². The Kier molecular flexibility index (Phi) is 21.4. The molecule has 4 aliphatic heterocycles. The van der Waals surface area contributed by atoms with E-state index >= 15 is 0 Å². The number of fused-ring (bicyclic) bond motifs is 3. The number of imidazole rings is 1. The number of aryl methyl sites for hydroxylation is 4. The van der Waals surface area contributed by atoms with Gasteiger partial charge in [-0.3, -0.25) is 0 Å². The summed E-state index contributed by atoms with van der Waals surface area (Å²) < 4.78 is 11.4. The molecule has 546 valence electrons. The fraction of sp³-hybridized carbons (Fsp3) is 0.277. The van der Waals surface area contributed by atoms with Crippen LogP contribution in [0.4, 0.5) is 45.5 Å². The highest BCUT2D eigenvalue weighted by molar-refractivity contribution is 5.89. The van der Waals surface area contributed by atoms with Gasteiger partial charge in [0.05, 0.1) is 52.1 Å². The van der Waals surface area contributed by atoms with Gasteiger partial charge in [0.15, 0.2) is 29.6 Å². The SMILES string of the molecule is Cc1c(-c2cccc[n+]2C)cccc1N1C=CN(C)[C@@H]1C.Cc1c(-c2cccc[n+]2C)cccc1N1C=CN(C)[C@@H]1C.Cc1c(-c2cccc[n+]2C)cccc1N1c2ccccc2N(C)[C@@H]1C.Cc1c(-c2n(-c3c(C(C)C)cccc3C(C)C)c3ccccc3[n+]2C)cccc1N1c2ccccc2N(C)[C@@H]1C. The van der Waals surface area contributed by atoms with Crippen LogP contribution in [0.15, 0.2) is 262 Å². The van der Waals surface area contributed by atoms with Gasteiger partial charge in [-0.2, -0.15) is 4.57 Å². The van der Waals surface area contributed by atoms with Gasteiger partial charge >= 0.3 is 0 Å². The summed E-state index contributed by atoms with van der Waals surface area (Å²) in [6.45, 7) is 27.1. The molecule has 107 heavy (non-hydrogen) atoms. The van der Waals surface area contributed by atoms with Gasteiger partial charge in [0.25, 0.3) is 5.82 Å². The molecular weight excluding hydrogens is 1310 g/mol. The summed E-state index contributed by atoms with van der Waals surface area (Å²) in [4.78, 5) is 18.7. The summed E-state index contributed by atoms with van der Waals surface area (Å²) >= 11 is 0. The predicted molar refractivity (Wildman–Crippen MR) is 447 cm³/mol. The van der Waals surface area contributed by atoms with Gasteiger partial charge in [-0.05, 0) is 193 Å². The Morgan fingerprint density at radius 3 is 1.03 bits per heavy atom. The number of hydrogen-bond acceptors (Lipinski definition) is 8. The molecule has 12 aromatic rings. The Hall–Kier alpha value is -11.4. The van der Waals surface area contributed by atoms with E-state index in [9.17, 15) is 0 Å². The van der Waals surface area contributed by atoms with Gasteiger partial charge < -0.3 is 39.2 Å². The van der Waals surface area contributed by atoms with Gasteiger partial charge in [0, 0.05) is 123 Å². The zero-order valence-corrected chi connectivity index (χ0v) is 66.6. The summed E-state index contributed by atoms with van der Waals surface area (Å²) in [6.07, 6.45) is 16.1. The number of aromatic nitrogens is 5. The third-order valence-corrected chi connectivity index (χ3v) is 22.9. The van der Waals surface area contributed by atoms with Crippen molar-refractivity contribution < 1.29 is 18.3 Å². The molecule has 0 unspecified atom stereocenters. The van der Waals surface area contributed by atoms with Crippen molar-refractivity contribution in [2.75, 3.05) is 57.6 Å². The lowest BCUT2D eigenvalue weighted by Crippen LogP contribution is -2.36. The number of hydrogen-bond donors (Lipinski definition) is 0. The second-order valence-corrected chi connectivity index (χ2v) is 29.9. The molecule has 0 amide bonds. The molecule has 8 aromatic carbocycles. The van der Waals surface area contributed by atoms with Crippen LogP contribution in [0.5, 0.6) is 0 Å². The maximum absolute atomic E-state index is 2.54. The lowest BCUT2D eigenvalue weighted by molar-refractivity contribution is -0.660. The fourth-order valence-electron chi connectivity index (χ4n) is 16.2. The van der Waals surface area contributed by atoms with E-state index in [0.717, 1.165) is 0 Å². The second kappa shape index (κ2) is 30.9. The molecule has 13 heteroatoms. The van der Waals surface area contributed by atoms with E-state index in [4.69, 9.17) is 0 Å². The van der Waals surface area contributed by atoms with Crippen LogP contribution in [0.1, 0.15) is 101 Å². The molecule has 0 radical (unpaired) electrons. The van der Waals surface area contributed by atoms with Crippen molar-refractivity contribution in [3.8, 4) is 50.8 Å². The van der Waals surface area contributed by atoms with E-state index in [1.807, 2.05) is 0 Å². The van der Waals surface area contributed by atoms with Crippen molar-refractivity contribution >= 4 is 56.5 Å². The van der Waals surface area contributed by atoms with Crippen LogP contribution >= 0.6 is 0 Å². The van der Waals surface area contributed by atoms with Crippen LogP contribution in [0.2, 0.25) is 0 Å². The first-order chi connectivity index (χ1) is 51.5. The van der Waals surface area contributed by atoms with Gasteiger partial charge in [-0.1, -0.05) is 107 Å². The minimum Gasteiger partial charge on any atom is -0.359 e. The van der Waals surface area contributed by atoms with E-state index in [1.165, 1.54) is 141 Å². The Bertz CT molecular complexity index is 5150. The standard InChI is InChI=1S/C36H41N4.C22H24N3.2C18H22N3/c1-23(2)27-15-13-16-28(24(3)4)35(27)40-34-21-12-10-19-32(34)38(8)36(40)29-17-14-22-30(25(29)5)39-26(6)37(7)31-18-9-11-20-33(31)39;1-16-18(20-11-7-8-15-23(20)3)10-9-14-19(16)25-17(2)24(4)21-12-5-6-13-22(21)25;2*1-14-16(18-9-5-6-11-20(18)4)8-7-10-17(14)21-13-12-19(3)15(21)2/h9-24,26H,1-8H3;5-15,17H,1-4H3;2*5-13,15H,1-4H3/q4*+1/t26-;17-;2*15-/m0000/s1. The molecule has 0 saturated carbocycles. The lowest BCUT2D eigenvalue weighted by atomic mass is 9.92. The molecular formula is C94H109N13+4. The fourth-order valence-corrected chi connectivity index (χ4v) is 16.2. The molecule has 0 saturated heterocycles. The van der Waals surface area contributed by atoms with Gasteiger partial charge in [-0.15, -0.1) is 0 Å². The number of pyridine rings is 3. The van der Waals surface area contributed by atoms with Crippen molar-refractivity contribution in [3.63, 3.8) is 0 Å². The average molecular weight is 1420 g/mol. The molecule has 0 bridgehead atoms. The maximum atomic E-state index is 2.54. The van der Waals surface area contributed by atoms with Gasteiger partial charge in [-0.25, -0.2) is 18.3 Å². The molecule has 0 N–H and O–H groups in total.